The predicted octanol–water partition coefficient (Wildman–Crippen LogP) is 2.96. The Bertz CT molecular complexity index is 559. The molecular weight excluding hydrogens is 282 g/mol. The van der Waals surface area contributed by atoms with Gasteiger partial charge in [-0.3, -0.25) is 9.88 Å². The third kappa shape index (κ3) is 4.27. The van der Waals surface area contributed by atoms with Crippen LogP contribution in [0.2, 0.25) is 0 Å². The molecule has 1 aliphatic rings. The fraction of sp³-hybridized carbons (Fsp3) is 0.353. The van der Waals surface area contributed by atoms with E-state index in [2.05, 4.69) is 52.5 Å². The summed E-state index contributed by atoms with van der Waals surface area (Å²) >= 11 is 0. The Morgan fingerprint density at radius 2 is 2.14 bits per heavy atom. The standard InChI is InChI=1S/C17H21N3.ClH/c1-14-12-20(10-9-18-14)13-15-5-4-6-16(11-15)17-7-2-3-8-19-17;/h2-8,11,14,18H,9-10,12-13H2,1H3;1H/t14-;/m0./s1. The number of hydrogen-bond acceptors (Lipinski definition) is 3. The third-order valence-corrected chi connectivity index (χ3v) is 3.75. The van der Waals surface area contributed by atoms with E-state index < -0.39 is 0 Å². The van der Waals surface area contributed by atoms with Gasteiger partial charge in [0.2, 0.25) is 0 Å². The number of aromatic nitrogens is 1. The SMILES string of the molecule is C[C@H]1CN(Cc2cccc(-c3ccccn3)c2)CCN1.Cl. The van der Waals surface area contributed by atoms with E-state index in [0.29, 0.717) is 6.04 Å². The first-order chi connectivity index (χ1) is 9.81. The molecule has 3 rings (SSSR count). The average Bonchev–Trinajstić information content (AvgIpc) is 2.48. The summed E-state index contributed by atoms with van der Waals surface area (Å²) in [5.41, 5.74) is 3.61. The first-order valence-corrected chi connectivity index (χ1v) is 7.27. The number of pyridine rings is 1. The van der Waals surface area contributed by atoms with Gasteiger partial charge in [0.1, 0.15) is 0 Å². The van der Waals surface area contributed by atoms with Crippen molar-refractivity contribution in [1.29, 1.82) is 0 Å². The smallest absolute Gasteiger partial charge is 0.0702 e. The summed E-state index contributed by atoms with van der Waals surface area (Å²) in [5.74, 6) is 0. The first-order valence-electron chi connectivity index (χ1n) is 7.27. The molecule has 1 aromatic heterocycles. The van der Waals surface area contributed by atoms with Crippen LogP contribution in [0.5, 0.6) is 0 Å². The zero-order valence-electron chi connectivity index (χ0n) is 12.3. The van der Waals surface area contributed by atoms with Crippen LogP contribution >= 0.6 is 12.4 Å². The van der Waals surface area contributed by atoms with Gasteiger partial charge in [-0.25, -0.2) is 0 Å². The molecule has 0 radical (unpaired) electrons. The van der Waals surface area contributed by atoms with Crippen molar-refractivity contribution in [2.24, 2.45) is 0 Å². The second kappa shape index (κ2) is 7.55. The third-order valence-electron chi connectivity index (χ3n) is 3.75. The Morgan fingerprint density at radius 3 is 2.90 bits per heavy atom. The Labute approximate surface area is 132 Å². The van der Waals surface area contributed by atoms with E-state index in [9.17, 15) is 0 Å². The van der Waals surface area contributed by atoms with Crippen molar-refractivity contribution in [3.63, 3.8) is 0 Å². The van der Waals surface area contributed by atoms with E-state index in [0.717, 1.165) is 31.9 Å². The highest BCUT2D eigenvalue weighted by Crippen LogP contribution is 2.19. The zero-order valence-corrected chi connectivity index (χ0v) is 13.1. The lowest BCUT2D eigenvalue weighted by atomic mass is 10.1. The average molecular weight is 304 g/mol. The molecule has 0 spiro atoms. The van der Waals surface area contributed by atoms with Gasteiger partial charge in [0, 0.05) is 44.0 Å². The Kier molecular flexibility index (Phi) is 5.74. The van der Waals surface area contributed by atoms with Crippen LogP contribution in [0.4, 0.5) is 0 Å². The van der Waals surface area contributed by atoms with Crippen molar-refractivity contribution in [2.75, 3.05) is 19.6 Å². The Morgan fingerprint density at radius 1 is 1.24 bits per heavy atom. The van der Waals surface area contributed by atoms with E-state index in [1.807, 2.05) is 18.3 Å². The maximum atomic E-state index is 4.43. The van der Waals surface area contributed by atoms with Crippen LogP contribution in [0, 0.1) is 0 Å². The molecule has 0 unspecified atom stereocenters. The first kappa shape index (κ1) is 16.0. The lowest BCUT2D eigenvalue weighted by Gasteiger charge is -2.31. The summed E-state index contributed by atoms with van der Waals surface area (Å²) in [5, 5.41) is 3.48. The van der Waals surface area contributed by atoms with Gasteiger partial charge < -0.3 is 5.32 Å². The van der Waals surface area contributed by atoms with E-state index in [4.69, 9.17) is 0 Å². The van der Waals surface area contributed by atoms with Gasteiger partial charge in [-0.05, 0) is 30.7 Å². The molecule has 0 amide bonds. The number of hydrogen-bond donors (Lipinski definition) is 1. The second-order valence-electron chi connectivity index (χ2n) is 5.51. The van der Waals surface area contributed by atoms with Crippen molar-refractivity contribution in [1.82, 2.24) is 15.2 Å². The largest absolute Gasteiger partial charge is 0.312 e. The quantitative estimate of drug-likeness (QED) is 0.945. The molecule has 1 saturated heterocycles. The summed E-state index contributed by atoms with van der Waals surface area (Å²) in [6.07, 6.45) is 1.85. The van der Waals surface area contributed by atoms with Gasteiger partial charge >= 0.3 is 0 Å². The lowest BCUT2D eigenvalue weighted by Crippen LogP contribution is -2.48. The van der Waals surface area contributed by atoms with Crippen molar-refractivity contribution >= 4 is 12.4 Å². The summed E-state index contributed by atoms with van der Waals surface area (Å²) in [6, 6.07) is 15.4. The van der Waals surface area contributed by atoms with Crippen molar-refractivity contribution in [2.45, 2.75) is 19.5 Å². The molecule has 4 heteroatoms. The molecule has 1 aliphatic heterocycles. The molecule has 2 aromatic rings. The zero-order chi connectivity index (χ0) is 13.8. The van der Waals surface area contributed by atoms with Crippen LogP contribution in [0.15, 0.2) is 48.7 Å². The van der Waals surface area contributed by atoms with Crippen molar-refractivity contribution < 1.29 is 0 Å². The van der Waals surface area contributed by atoms with Crippen molar-refractivity contribution in [3.05, 3.63) is 54.2 Å². The van der Waals surface area contributed by atoms with Gasteiger partial charge in [-0.1, -0.05) is 24.3 Å². The number of nitrogens with one attached hydrogen (secondary N) is 1. The maximum Gasteiger partial charge on any atom is 0.0702 e. The summed E-state index contributed by atoms with van der Waals surface area (Å²) in [4.78, 5) is 6.94. The molecule has 1 N–H and O–H groups in total. The molecule has 112 valence electrons. The summed E-state index contributed by atoms with van der Waals surface area (Å²) < 4.78 is 0. The van der Waals surface area contributed by atoms with Gasteiger partial charge in [-0.2, -0.15) is 0 Å². The molecule has 21 heavy (non-hydrogen) atoms. The summed E-state index contributed by atoms with van der Waals surface area (Å²) in [6.45, 7) is 6.59. The van der Waals surface area contributed by atoms with Gasteiger partial charge in [0.15, 0.2) is 0 Å². The number of rotatable bonds is 3. The minimum atomic E-state index is 0. The molecule has 0 bridgehead atoms. The fourth-order valence-electron chi connectivity index (χ4n) is 2.78. The number of benzene rings is 1. The second-order valence-corrected chi connectivity index (χ2v) is 5.51. The monoisotopic (exact) mass is 303 g/mol. The predicted molar refractivity (Wildman–Crippen MR) is 89.7 cm³/mol. The normalized spacial score (nSPS) is 19.0. The Balaban J connectivity index is 0.00000161. The minimum Gasteiger partial charge on any atom is -0.312 e. The van der Waals surface area contributed by atoms with Crippen LogP contribution < -0.4 is 5.32 Å². The molecule has 1 fully saturated rings. The molecule has 0 aliphatic carbocycles. The van der Waals surface area contributed by atoms with Gasteiger partial charge in [-0.15, -0.1) is 12.4 Å². The molecule has 3 nitrogen and oxygen atoms in total. The number of piperazine rings is 1. The van der Waals surface area contributed by atoms with Crippen LogP contribution in [0.3, 0.4) is 0 Å². The van der Waals surface area contributed by atoms with Crippen LogP contribution in [-0.4, -0.2) is 35.6 Å². The fourth-order valence-corrected chi connectivity index (χ4v) is 2.78. The molecule has 0 saturated carbocycles. The molecular formula is C17H22ClN3. The van der Waals surface area contributed by atoms with Crippen LogP contribution in [0.25, 0.3) is 11.3 Å². The highest BCUT2D eigenvalue weighted by atomic mass is 35.5. The highest BCUT2D eigenvalue weighted by Gasteiger charge is 2.15. The Hall–Kier alpha value is -1.42. The van der Waals surface area contributed by atoms with Gasteiger partial charge in [0.05, 0.1) is 5.69 Å². The van der Waals surface area contributed by atoms with Crippen LogP contribution in [-0.2, 0) is 6.54 Å². The van der Waals surface area contributed by atoms with Gasteiger partial charge in [0.25, 0.3) is 0 Å². The lowest BCUT2D eigenvalue weighted by molar-refractivity contribution is 0.199. The minimum absolute atomic E-state index is 0. The topological polar surface area (TPSA) is 28.2 Å². The van der Waals surface area contributed by atoms with E-state index in [1.54, 1.807) is 0 Å². The van der Waals surface area contributed by atoms with E-state index in [1.165, 1.54) is 11.1 Å². The maximum absolute atomic E-state index is 4.43. The molecule has 1 aromatic carbocycles. The number of halogens is 1. The van der Waals surface area contributed by atoms with E-state index in [-0.39, 0.29) is 12.4 Å². The van der Waals surface area contributed by atoms with Crippen molar-refractivity contribution in [3.8, 4) is 11.3 Å². The highest BCUT2D eigenvalue weighted by molar-refractivity contribution is 5.85. The summed E-state index contributed by atoms with van der Waals surface area (Å²) in [7, 11) is 0. The molecule has 2 heterocycles. The van der Waals surface area contributed by atoms with E-state index >= 15 is 0 Å². The number of nitrogens with zero attached hydrogens (tertiary/aromatic N) is 2. The van der Waals surface area contributed by atoms with Crippen LogP contribution in [0.1, 0.15) is 12.5 Å². The molecule has 1 atom stereocenters.